The first-order valence-corrected chi connectivity index (χ1v) is 45.6. The summed E-state index contributed by atoms with van der Waals surface area (Å²) < 4.78 is 68.8. The minimum absolute atomic E-state index is 0.109. The molecule has 0 rings (SSSR count). The lowest BCUT2D eigenvalue weighted by Gasteiger charge is -2.21. The van der Waals surface area contributed by atoms with E-state index in [1.165, 1.54) is 263 Å². The van der Waals surface area contributed by atoms with Crippen LogP contribution in [0.3, 0.4) is 0 Å². The molecule has 0 saturated heterocycles. The fourth-order valence-corrected chi connectivity index (χ4v) is 14.3. The quantitative estimate of drug-likeness (QED) is 0.0222. The molecule has 2 unspecified atom stereocenters. The third-order valence-electron chi connectivity index (χ3n) is 19.3. The van der Waals surface area contributed by atoms with Crippen molar-refractivity contribution in [1.82, 2.24) is 0 Å². The van der Waals surface area contributed by atoms with Gasteiger partial charge in [-0.05, 0) is 31.6 Å². The summed E-state index contributed by atoms with van der Waals surface area (Å²) in [6.07, 6.45) is 66.4. The van der Waals surface area contributed by atoms with Crippen LogP contribution >= 0.6 is 15.6 Å². The van der Waals surface area contributed by atoms with Gasteiger partial charge in [0.05, 0.1) is 26.4 Å². The van der Waals surface area contributed by atoms with E-state index in [-0.39, 0.29) is 25.7 Å². The Bertz CT molecular complexity index is 1930. The standard InChI is InChI=1S/C82H160O17P2/c1-6-9-12-15-18-21-24-27-28-29-32-37-41-46-51-56-61-66-80(85)93-72-78(99-82(87)68-63-58-53-48-43-38-33-30-31-36-39-44-49-54-59-64-75(4)5)74-97-101(90,91)95-70-76(83)69-94-100(88,89)96-73-77(98-81(86)67-62-57-52-47-42-35-26-23-20-17-14-11-8-3)71-92-79(84)65-60-55-50-45-40-34-25-22-19-16-13-10-7-2/h75-78,83H,6-74H2,1-5H3,(H,88,89)(H,90,91)/t76-,77+,78+/m0/s1. The number of ether oxygens (including phenoxy) is 4. The highest BCUT2D eigenvalue weighted by molar-refractivity contribution is 7.47. The van der Waals surface area contributed by atoms with Gasteiger partial charge in [-0.15, -0.1) is 0 Å². The number of esters is 4. The number of hydrogen-bond acceptors (Lipinski definition) is 15. The fraction of sp³-hybridized carbons (Fsp3) is 0.951. The average molecular weight is 1480 g/mol. The van der Waals surface area contributed by atoms with E-state index in [1.807, 2.05) is 0 Å². The fourth-order valence-electron chi connectivity index (χ4n) is 12.8. The molecule has 0 aliphatic rings. The van der Waals surface area contributed by atoms with Gasteiger partial charge in [-0.1, -0.05) is 388 Å². The number of phosphoric acid groups is 2. The molecule has 0 aromatic heterocycles. The average Bonchev–Trinajstić information content (AvgIpc) is 0.938. The van der Waals surface area contributed by atoms with E-state index in [2.05, 4.69) is 34.6 Å². The van der Waals surface area contributed by atoms with Crippen LogP contribution in [0, 0.1) is 5.92 Å². The number of phosphoric ester groups is 2. The van der Waals surface area contributed by atoms with Gasteiger partial charge >= 0.3 is 39.5 Å². The van der Waals surface area contributed by atoms with Crippen molar-refractivity contribution in [2.45, 2.75) is 457 Å². The molecular weight excluding hydrogens is 1320 g/mol. The Labute approximate surface area is 619 Å². The molecule has 0 aromatic rings. The zero-order valence-electron chi connectivity index (χ0n) is 66.1. The first-order chi connectivity index (χ1) is 49.0. The van der Waals surface area contributed by atoms with E-state index in [1.54, 1.807) is 0 Å². The summed E-state index contributed by atoms with van der Waals surface area (Å²) in [6.45, 7) is 7.37. The van der Waals surface area contributed by atoms with Crippen molar-refractivity contribution in [3.05, 3.63) is 0 Å². The molecule has 19 heteroatoms. The van der Waals surface area contributed by atoms with Gasteiger partial charge < -0.3 is 33.8 Å². The second kappa shape index (κ2) is 74.9. The molecule has 0 spiro atoms. The number of aliphatic hydroxyl groups excluding tert-OH is 1. The first kappa shape index (κ1) is 99.1. The minimum atomic E-state index is -4.96. The third-order valence-corrected chi connectivity index (χ3v) is 21.2. The predicted molar refractivity (Wildman–Crippen MR) is 414 cm³/mol. The lowest BCUT2D eigenvalue weighted by atomic mass is 10.0. The van der Waals surface area contributed by atoms with Crippen molar-refractivity contribution in [1.29, 1.82) is 0 Å². The van der Waals surface area contributed by atoms with Crippen molar-refractivity contribution in [2.75, 3.05) is 39.6 Å². The molecule has 0 radical (unpaired) electrons. The van der Waals surface area contributed by atoms with Gasteiger partial charge in [-0.2, -0.15) is 0 Å². The van der Waals surface area contributed by atoms with Crippen LogP contribution in [0.25, 0.3) is 0 Å². The summed E-state index contributed by atoms with van der Waals surface area (Å²) in [5.74, 6) is -1.30. The highest BCUT2D eigenvalue weighted by Gasteiger charge is 2.30. The molecule has 101 heavy (non-hydrogen) atoms. The Morgan fingerprint density at radius 1 is 0.267 bits per heavy atom. The molecule has 0 bridgehead atoms. The van der Waals surface area contributed by atoms with E-state index in [0.29, 0.717) is 25.7 Å². The molecule has 600 valence electrons. The molecule has 0 saturated carbocycles. The van der Waals surface area contributed by atoms with Crippen LogP contribution in [0.15, 0.2) is 0 Å². The number of carbonyl (C=O) groups is 4. The van der Waals surface area contributed by atoms with Gasteiger partial charge in [-0.3, -0.25) is 37.3 Å². The molecule has 0 aliphatic heterocycles. The number of hydrogen-bond donors (Lipinski definition) is 3. The molecular formula is C82H160O17P2. The van der Waals surface area contributed by atoms with Gasteiger partial charge in [-0.25, -0.2) is 9.13 Å². The first-order valence-electron chi connectivity index (χ1n) is 42.6. The summed E-state index contributed by atoms with van der Waals surface area (Å²) in [5.41, 5.74) is 0. The maximum Gasteiger partial charge on any atom is 0.472 e. The number of aliphatic hydroxyl groups is 1. The van der Waals surface area contributed by atoms with E-state index in [0.717, 1.165) is 95.8 Å². The van der Waals surface area contributed by atoms with Crippen molar-refractivity contribution >= 4 is 39.5 Å². The highest BCUT2D eigenvalue weighted by atomic mass is 31.2. The van der Waals surface area contributed by atoms with Gasteiger partial charge in [0.1, 0.15) is 19.3 Å². The van der Waals surface area contributed by atoms with Crippen LogP contribution in [-0.4, -0.2) is 96.7 Å². The molecule has 17 nitrogen and oxygen atoms in total. The largest absolute Gasteiger partial charge is 0.472 e. The van der Waals surface area contributed by atoms with Crippen LogP contribution in [0.5, 0.6) is 0 Å². The third kappa shape index (κ3) is 76.1. The topological polar surface area (TPSA) is 237 Å². The molecule has 0 fully saturated rings. The molecule has 0 amide bonds. The zero-order chi connectivity index (χ0) is 74.1. The van der Waals surface area contributed by atoms with Gasteiger partial charge in [0.15, 0.2) is 12.2 Å². The second-order valence-electron chi connectivity index (χ2n) is 30.0. The predicted octanol–water partition coefficient (Wildman–Crippen LogP) is 24.8. The Kier molecular flexibility index (Phi) is 73.5. The summed E-state index contributed by atoms with van der Waals surface area (Å²) in [5, 5.41) is 10.7. The van der Waals surface area contributed by atoms with E-state index in [9.17, 15) is 43.2 Å². The van der Waals surface area contributed by atoms with Gasteiger partial charge in [0.2, 0.25) is 0 Å². The van der Waals surface area contributed by atoms with E-state index >= 15 is 0 Å². The Hall–Kier alpha value is -1.94. The molecule has 0 heterocycles. The van der Waals surface area contributed by atoms with Crippen molar-refractivity contribution < 1.29 is 80.2 Å². The molecule has 0 aromatic carbocycles. The SMILES string of the molecule is CCCCCCCCCCCCCCCCCCCC(=O)OC[C@H](COP(=O)(O)OC[C@@H](O)COP(=O)(O)OC[C@@H](COC(=O)CCCCCCCCCCCCCCC)OC(=O)CCCCCCCCCCCCCCC)OC(=O)CCCCCCCCCCCCCCCCCC(C)C. The Morgan fingerprint density at radius 3 is 0.673 bits per heavy atom. The van der Waals surface area contributed by atoms with Gasteiger partial charge in [0, 0.05) is 25.7 Å². The number of carbonyl (C=O) groups excluding carboxylic acids is 4. The molecule has 3 N–H and O–H groups in total. The summed E-state index contributed by atoms with van der Waals surface area (Å²) in [6, 6.07) is 0. The molecule has 0 aliphatic carbocycles. The summed E-state index contributed by atoms with van der Waals surface area (Å²) in [4.78, 5) is 73.1. The summed E-state index contributed by atoms with van der Waals surface area (Å²) in [7, 11) is -9.92. The molecule has 5 atom stereocenters. The number of rotatable bonds is 82. The normalized spacial score (nSPS) is 13.8. The highest BCUT2D eigenvalue weighted by Crippen LogP contribution is 2.45. The lowest BCUT2D eigenvalue weighted by molar-refractivity contribution is -0.161. The van der Waals surface area contributed by atoms with Gasteiger partial charge in [0.25, 0.3) is 0 Å². The van der Waals surface area contributed by atoms with Crippen LogP contribution in [-0.2, 0) is 65.4 Å². The zero-order valence-corrected chi connectivity index (χ0v) is 67.8. The second-order valence-corrected chi connectivity index (χ2v) is 32.9. The van der Waals surface area contributed by atoms with E-state index < -0.39 is 97.5 Å². The summed E-state index contributed by atoms with van der Waals surface area (Å²) >= 11 is 0. The monoisotopic (exact) mass is 1480 g/mol. The van der Waals surface area contributed by atoms with Crippen molar-refractivity contribution in [3.8, 4) is 0 Å². The van der Waals surface area contributed by atoms with Crippen LogP contribution in [0.2, 0.25) is 0 Å². The van der Waals surface area contributed by atoms with Crippen molar-refractivity contribution in [3.63, 3.8) is 0 Å². The Morgan fingerprint density at radius 2 is 0.455 bits per heavy atom. The smallest absolute Gasteiger partial charge is 0.462 e. The maximum absolute atomic E-state index is 13.1. The van der Waals surface area contributed by atoms with E-state index in [4.69, 9.17) is 37.0 Å². The minimum Gasteiger partial charge on any atom is -0.462 e. The maximum atomic E-state index is 13.1. The van der Waals surface area contributed by atoms with Crippen LogP contribution in [0.1, 0.15) is 439 Å². The number of unbranched alkanes of at least 4 members (excludes halogenated alkanes) is 54. The Balaban J connectivity index is 5.25. The van der Waals surface area contributed by atoms with Crippen LogP contribution in [0.4, 0.5) is 0 Å². The van der Waals surface area contributed by atoms with Crippen molar-refractivity contribution in [2.24, 2.45) is 5.92 Å². The van der Waals surface area contributed by atoms with Crippen LogP contribution < -0.4 is 0 Å². The lowest BCUT2D eigenvalue weighted by Crippen LogP contribution is -2.30.